The van der Waals surface area contributed by atoms with Crippen LogP contribution in [-0.4, -0.2) is 5.71 Å². The summed E-state index contributed by atoms with van der Waals surface area (Å²) in [6, 6.07) is 3.61. The number of hydrazone groups is 1. The maximum atomic E-state index is 4.99. The molecule has 1 rings (SSSR count). The van der Waals surface area contributed by atoms with E-state index in [1.807, 2.05) is 6.07 Å². The van der Waals surface area contributed by atoms with Crippen LogP contribution < -0.4 is 5.84 Å². The standard InChI is InChI=1S/C6H8N2O/c1-5(8-7)6-3-2-4-9-6/h2-4H,7H2,1H3/b8-5-. The van der Waals surface area contributed by atoms with Crippen molar-refractivity contribution in [3.8, 4) is 0 Å². The van der Waals surface area contributed by atoms with Crippen molar-refractivity contribution in [2.45, 2.75) is 6.92 Å². The van der Waals surface area contributed by atoms with Gasteiger partial charge in [-0.2, -0.15) is 5.10 Å². The van der Waals surface area contributed by atoms with Crippen LogP contribution in [0.5, 0.6) is 0 Å². The monoisotopic (exact) mass is 124 g/mol. The Morgan fingerprint density at radius 3 is 3.00 bits per heavy atom. The van der Waals surface area contributed by atoms with Crippen LogP contribution in [0.4, 0.5) is 0 Å². The van der Waals surface area contributed by atoms with E-state index in [1.165, 1.54) is 0 Å². The summed E-state index contributed by atoms with van der Waals surface area (Å²) >= 11 is 0. The van der Waals surface area contributed by atoms with Crippen LogP contribution in [0.15, 0.2) is 27.9 Å². The van der Waals surface area contributed by atoms with Crippen LogP contribution >= 0.6 is 0 Å². The molecule has 0 aliphatic rings. The zero-order chi connectivity index (χ0) is 6.69. The zero-order valence-corrected chi connectivity index (χ0v) is 5.16. The number of furan rings is 1. The average molecular weight is 124 g/mol. The Balaban J connectivity index is 2.90. The molecule has 9 heavy (non-hydrogen) atoms. The lowest BCUT2D eigenvalue weighted by molar-refractivity contribution is 0.557. The van der Waals surface area contributed by atoms with Crippen molar-refractivity contribution in [3.63, 3.8) is 0 Å². The van der Waals surface area contributed by atoms with Gasteiger partial charge in [-0.3, -0.25) is 0 Å². The van der Waals surface area contributed by atoms with Gasteiger partial charge in [-0.25, -0.2) is 0 Å². The average Bonchev–Trinajstić information content (AvgIpc) is 2.37. The fraction of sp³-hybridized carbons (Fsp3) is 0.167. The van der Waals surface area contributed by atoms with Crippen LogP contribution in [0.25, 0.3) is 0 Å². The molecule has 0 fully saturated rings. The largest absolute Gasteiger partial charge is 0.463 e. The van der Waals surface area contributed by atoms with Gasteiger partial charge in [0.2, 0.25) is 0 Å². The Morgan fingerprint density at radius 1 is 1.78 bits per heavy atom. The van der Waals surface area contributed by atoms with Crippen molar-refractivity contribution in [1.82, 2.24) is 0 Å². The molecule has 0 atom stereocenters. The van der Waals surface area contributed by atoms with Crippen molar-refractivity contribution in [2.75, 3.05) is 0 Å². The highest BCUT2D eigenvalue weighted by molar-refractivity contribution is 5.95. The van der Waals surface area contributed by atoms with Crippen LogP contribution in [0.3, 0.4) is 0 Å². The van der Waals surface area contributed by atoms with E-state index in [1.54, 1.807) is 19.3 Å². The molecule has 48 valence electrons. The summed E-state index contributed by atoms with van der Waals surface area (Å²) in [5.41, 5.74) is 0.708. The summed E-state index contributed by atoms with van der Waals surface area (Å²) in [5.74, 6) is 5.71. The lowest BCUT2D eigenvalue weighted by Gasteiger charge is -1.88. The number of hydrogen-bond acceptors (Lipinski definition) is 3. The highest BCUT2D eigenvalue weighted by atomic mass is 16.3. The van der Waals surface area contributed by atoms with Crippen molar-refractivity contribution in [1.29, 1.82) is 0 Å². The third kappa shape index (κ3) is 1.10. The van der Waals surface area contributed by atoms with E-state index >= 15 is 0 Å². The maximum Gasteiger partial charge on any atom is 0.149 e. The van der Waals surface area contributed by atoms with Gasteiger partial charge in [-0.05, 0) is 19.1 Å². The van der Waals surface area contributed by atoms with Gasteiger partial charge >= 0.3 is 0 Å². The minimum absolute atomic E-state index is 0.708. The molecule has 0 unspecified atom stereocenters. The lowest BCUT2D eigenvalue weighted by Crippen LogP contribution is -1.95. The third-order valence-electron chi connectivity index (χ3n) is 1.07. The smallest absolute Gasteiger partial charge is 0.149 e. The Bertz CT molecular complexity index is 201. The minimum Gasteiger partial charge on any atom is -0.463 e. The first kappa shape index (κ1) is 5.88. The second-order valence-electron chi connectivity index (χ2n) is 1.69. The molecule has 0 aliphatic heterocycles. The number of rotatable bonds is 1. The van der Waals surface area contributed by atoms with Gasteiger partial charge in [-0.1, -0.05) is 0 Å². The summed E-state index contributed by atoms with van der Waals surface area (Å²) in [7, 11) is 0. The second kappa shape index (κ2) is 2.35. The first-order chi connectivity index (χ1) is 4.34. The topological polar surface area (TPSA) is 51.5 Å². The van der Waals surface area contributed by atoms with Crippen LogP contribution in [0.2, 0.25) is 0 Å². The Morgan fingerprint density at radius 2 is 2.56 bits per heavy atom. The molecule has 0 aliphatic carbocycles. The molecule has 3 nitrogen and oxygen atoms in total. The summed E-state index contributed by atoms with van der Waals surface area (Å²) < 4.78 is 4.98. The summed E-state index contributed by atoms with van der Waals surface area (Å²) in [6.07, 6.45) is 1.59. The fourth-order valence-corrected chi connectivity index (χ4v) is 0.548. The van der Waals surface area contributed by atoms with E-state index in [4.69, 9.17) is 10.3 Å². The molecule has 0 aromatic carbocycles. The Labute approximate surface area is 53.2 Å². The van der Waals surface area contributed by atoms with Crippen LogP contribution in [0, 0.1) is 0 Å². The van der Waals surface area contributed by atoms with Gasteiger partial charge in [0.1, 0.15) is 5.76 Å². The number of hydrogen-bond donors (Lipinski definition) is 1. The summed E-state index contributed by atoms with van der Waals surface area (Å²) in [4.78, 5) is 0. The van der Waals surface area contributed by atoms with Crippen molar-refractivity contribution in [3.05, 3.63) is 24.2 Å². The van der Waals surface area contributed by atoms with Crippen molar-refractivity contribution < 1.29 is 4.42 Å². The molecule has 2 N–H and O–H groups in total. The molecule has 1 aromatic heterocycles. The SMILES string of the molecule is C/C(=N/N)c1ccco1. The van der Waals surface area contributed by atoms with Gasteiger partial charge < -0.3 is 10.3 Å². The molecule has 3 heteroatoms. The van der Waals surface area contributed by atoms with Crippen LogP contribution in [0.1, 0.15) is 12.7 Å². The molecule has 0 amide bonds. The zero-order valence-electron chi connectivity index (χ0n) is 5.16. The van der Waals surface area contributed by atoms with E-state index in [9.17, 15) is 0 Å². The summed E-state index contributed by atoms with van der Waals surface area (Å²) in [5, 5.41) is 3.45. The number of nitrogens with two attached hydrogens (primary N) is 1. The molecule has 0 saturated heterocycles. The molecule has 0 saturated carbocycles. The van der Waals surface area contributed by atoms with E-state index in [0.717, 1.165) is 5.76 Å². The van der Waals surface area contributed by atoms with E-state index in [0.29, 0.717) is 5.71 Å². The quantitative estimate of drug-likeness (QED) is 0.344. The molecule has 0 spiro atoms. The van der Waals surface area contributed by atoms with Crippen molar-refractivity contribution >= 4 is 5.71 Å². The van der Waals surface area contributed by atoms with Gasteiger partial charge in [0.05, 0.1) is 12.0 Å². The van der Waals surface area contributed by atoms with E-state index in [-0.39, 0.29) is 0 Å². The first-order valence-corrected chi connectivity index (χ1v) is 2.63. The molecular formula is C6H8N2O. The predicted octanol–water partition coefficient (Wildman–Crippen LogP) is 0.962. The van der Waals surface area contributed by atoms with Gasteiger partial charge in [-0.15, -0.1) is 0 Å². The Kier molecular flexibility index (Phi) is 1.53. The van der Waals surface area contributed by atoms with Crippen LogP contribution in [-0.2, 0) is 0 Å². The normalized spacial score (nSPS) is 11.9. The Hall–Kier alpha value is -1.25. The highest BCUT2D eigenvalue weighted by Gasteiger charge is 1.96. The molecular weight excluding hydrogens is 116 g/mol. The maximum absolute atomic E-state index is 4.99. The van der Waals surface area contributed by atoms with Gasteiger partial charge in [0.25, 0.3) is 0 Å². The molecule has 0 bridgehead atoms. The molecule has 0 radical (unpaired) electrons. The fourth-order valence-electron chi connectivity index (χ4n) is 0.548. The summed E-state index contributed by atoms with van der Waals surface area (Å²) in [6.45, 7) is 1.79. The van der Waals surface area contributed by atoms with Gasteiger partial charge in [0, 0.05) is 0 Å². The molecule has 1 heterocycles. The second-order valence-corrected chi connectivity index (χ2v) is 1.69. The predicted molar refractivity (Wildman–Crippen MR) is 35.1 cm³/mol. The van der Waals surface area contributed by atoms with Crippen molar-refractivity contribution in [2.24, 2.45) is 10.9 Å². The third-order valence-corrected chi connectivity index (χ3v) is 1.07. The van der Waals surface area contributed by atoms with E-state index in [2.05, 4.69) is 5.10 Å². The minimum atomic E-state index is 0.708. The first-order valence-electron chi connectivity index (χ1n) is 2.63. The van der Waals surface area contributed by atoms with E-state index < -0.39 is 0 Å². The highest BCUT2D eigenvalue weighted by Crippen LogP contribution is 1.99. The number of nitrogens with zero attached hydrogens (tertiary/aromatic N) is 1. The molecule has 1 aromatic rings. The lowest BCUT2D eigenvalue weighted by atomic mass is 10.3. The van der Waals surface area contributed by atoms with Gasteiger partial charge in [0.15, 0.2) is 0 Å².